The molecule has 6 heteroatoms. The summed E-state index contributed by atoms with van der Waals surface area (Å²) in [6, 6.07) is 9.31. The predicted octanol–water partition coefficient (Wildman–Crippen LogP) is 4.25. The fourth-order valence-corrected chi connectivity index (χ4v) is 3.38. The lowest BCUT2D eigenvalue weighted by molar-refractivity contribution is -0.119. The molecule has 0 bridgehead atoms. The summed E-state index contributed by atoms with van der Waals surface area (Å²) < 4.78 is 0. The Kier molecular flexibility index (Phi) is 7.33. The average Bonchev–Trinajstić information content (AvgIpc) is 2.59. The third-order valence-corrected chi connectivity index (χ3v) is 4.86. The standard InChI is InChI=1S/C20H24Cl2N2O2/c1-12(2)15-6-13(4-5-19(15)25)7-16-17(21)8-14(9-18(16)22)10-24-11-20(26)23-3/h4-6,8-9,12,24-25H,7,10-11H2,1-3H3,(H,23,26). The van der Waals surface area contributed by atoms with Gasteiger partial charge in [-0.15, -0.1) is 0 Å². The van der Waals surface area contributed by atoms with E-state index >= 15 is 0 Å². The highest BCUT2D eigenvalue weighted by Gasteiger charge is 2.12. The molecular formula is C20H24Cl2N2O2. The van der Waals surface area contributed by atoms with E-state index in [1.165, 1.54) is 0 Å². The SMILES string of the molecule is CNC(=O)CNCc1cc(Cl)c(Cc2ccc(O)c(C(C)C)c2)c(Cl)c1. The Balaban J connectivity index is 2.15. The van der Waals surface area contributed by atoms with E-state index in [1.807, 2.05) is 38.1 Å². The zero-order valence-corrected chi connectivity index (χ0v) is 16.7. The van der Waals surface area contributed by atoms with Gasteiger partial charge in [0.25, 0.3) is 0 Å². The zero-order chi connectivity index (χ0) is 19.3. The fourth-order valence-electron chi connectivity index (χ4n) is 2.72. The molecule has 4 nitrogen and oxygen atoms in total. The number of amides is 1. The summed E-state index contributed by atoms with van der Waals surface area (Å²) in [6.07, 6.45) is 0.587. The second-order valence-electron chi connectivity index (χ2n) is 6.54. The van der Waals surface area contributed by atoms with Crippen molar-refractivity contribution in [3.8, 4) is 5.75 Å². The van der Waals surface area contributed by atoms with E-state index in [2.05, 4.69) is 10.6 Å². The van der Waals surface area contributed by atoms with Crippen LogP contribution in [0.1, 0.15) is 42.0 Å². The molecular weight excluding hydrogens is 371 g/mol. The van der Waals surface area contributed by atoms with Gasteiger partial charge in [0.15, 0.2) is 0 Å². The lowest BCUT2D eigenvalue weighted by atomic mass is 9.96. The molecule has 26 heavy (non-hydrogen) atoms. The molecule has 0 heterocycles. The normalized spacial score (nSPS) is 11.0. The van der Waals surface area contributed by atoms with E-state index in [0.29, 0.717) is 28.8 Å². The first kappa shape index (κ1) is 20.6. The number of halogens is 2. The monoisotopic (exact) mass is 394 g/mol. The molecule has 0 aliphatic rings. The number of carbonyl (C=O) groups excluding carboxylic acids is 1. The van der Waals surface area contributed by atoms with Gasteiger partial charge in [0.05, 0.1) is 6.54 Å². The maximum absolute atomic E-state index is 11.2. The molecule has 2 aromatic carbocycles. The van der Waals surface area contributed by atoms with Crippen molar-refractivity contribution in [2.45, 2.75) is 32.7 Å². The van der Waals surface area contributed by atoms with Crippen LogP contribution in [0.2, 0.25) is 10.0 Å². The van der Waals surface area contributed by atoms with E-state index in [9.17, 15) is 9.90 Å². The van der Waals surface area contributed by atoms with Gasteiger partial charge in [-0.3, -0.25) is 4.79 Å². The third-order valence-electron chi connectivity index (χ3n) is 4.19. The summed E-state index contributed by atoms with van der Waals surface area (Å²) in [5.74, 6) is 0.459. The summed E-state index contributed by atoms with van der Waals surface area (Å²) in [5, 5.41) is 16.8. The van der Waals surface area contributed by atoms with Crippen molar-refractivity contribution in [3.63, 3.8) is 0 Å². The highest BCUT2D eigenvalue weighted by molar-refractivity contribution is 6.36. The minimum atomic E-state index is -0.0768. The van der Waals surface area contributed by atoms with Crippen LogP contribution in [0.4, 0.5) is 0 Å². The molecule has 0 spiro atoms. The van der Waals surface area contributed by atoms with Crippen LogP contribution >= 0.6 is 23.2 Å². The summed E-state index contributed by atoms with van der Waals surface area (Å²) in [4.78, 5) is 11.2. The lowest BCUT2D eigenvalue weighted by Gasteiger charge is -2.13. The molecule has 0 aliphatic carbocycles. The highest BCUT2D eigenvalue weighted by Crippen LogP contribution is 2.31. The van der Waals surface area contributed by atoms with Gasteiger partial charge in [-0.25, -0.2) is 0 Å². The van der Waals surface area contributed by atoms with Crippen LogP contribution in [0.3, 0.4) is 0 Å². The van der Waals surface area contributed by atoms with Gasteiger partial charge in [0, 0.05) is 30.1 Å². The van der Waals surface area contributed by atoms with E-state index in [0.717, 1.165) is 22.3 Å². The number of phenolic OH excluding ortho intramolecular Hbond substituents is 1. The molecule has 2 aromatic rings. The predicted molar refractivity (Wildman–Crippen MR) is 107 cm³/mol. The molecule has 0 radical (unpaired) electrons. The molecule has 0 unspecified atom stereocenters. The zero-order valence-electron chi connectivity index (χ0n) is 15.2. The number of likely N-dealkylation sites (N-methyl/N-ethyl adjacent to an activating group) is 1. The Morgan fingerprint density at radius 3 is 2.35 bits per heavy atom. The molecule has 0 saturated carbocycles. The number of carbonyl (C=O) groups is 1. The quantitative estimate of drug-likeness (QED) is 0.657. The lowest BCUT2D eigenvalue weighted by Crippen LogP contribution is -2.30. The molecule has 0 aromatic heterocycles. The number of hydrogen-bond donors (Lipinski definition) is 3. The van der Waals surface area contributed by atoms with Gasteiger partial charge in [-0.2, -0.15) is 0 Å². The Hall–Kier alpha value is -1.75. The molecule has 0 saturated heterocycles. The maximum Gasteiger partial charge on any atom is 0.233 e. The first-order valence-electron chi connectivity index (χ1n) is 8.51. The van der Waals surface area contributed by atoms with Crippen LogP contribution in [-0.2, 0) is 17.8 Å². The first-order chi connectivity index (χ1) is 12.3. The molecule has 140 valence electrons. The van der Waals surface area contributed by atoms with Crippen molar-refractivity contribution in [2.24, 2.45) is 0 Å². The summed E-state index contributed by atoms with van der Waals surface area (Å²) in [7, 11) is 1.60. The second kappa shape index (κ2) is 9.26. The van der Waals surface area contributed by atoms with Gasteiger partial charge in [-0.05, 0) is 46.4 Å². The molecule has 0 aliphatic heterocycles. The first-order valence-corrected chi connectivity index (χ1v) is 9.27. The minimum Gasteiger partial charge on any atom is -0.508 e. The smallest absolute Gasteiger partial charge is 0.233 e. The molecule has 2 rings (SSSR count). The molecule has 1 amide bonds. The van der Waals surface area contributed by atoms with Crippen molar-refractivity contribution >= 4 is 29.1 Å². The Morgan fingerprint density at radius 1 is 1.12 bits per heavy atom. The fraction of sp³-hybridized carbons (Fsp3) is 0.350. The second-order valence-corrected chi connectivity index (χ2v) is 7.35. The van der Waals surface area contributed by atoms with E-state index in [-0.39, 0.29) is 18.4 Å². The minimum absolute atomic E-state index is 0.0768. The Labute approximate surface area is 164 Å². The van der Waals surface area contributed by atoms with Crippen molar-refractivity contribution in [1.82, 2.24) is 10.6 Å². The van der Waals surface area contributed by atoms with Gasteiger partial charge in [0.1, 0.15) is 5.75 Å². The van der Waals surface area contributed by atoms with Crippen molar-refractivity contribution < 1.29 is 9.90 Å². The van der Waals surface area contributed by atoms with Crippen molar-refractivity contribution in [2.75, 3.05) is 13.6 Å². The number of nitrogens with one attached hydrogen (secondary N) is 2. The van der Waals surface area contributed by atoms with Crippen molar-refractivity contribution in [3.05, 3.63) is 62.6 Å². The number of rotatable bonds is 7. The average molecular weight is 395 g/mol. The van der Waals surface area contributed by atoms with E-state index in [4.69, 9.17) is 23.2 Å². The molecule has 3 N–H and O–H groups in total. The highest BCUT2D eigenvalue weighted by atomic mass is 35.5. The van der Waals surface area contributed by atoms with Crippen LogP contribution in [0.5, 0.6) is 5.75 Å². The molecule has 0 fully saturated rings. The van der Waals surface area contributed by atoms with Gasteiger partial charge in [-0.1, -0.05) is 49.2 Å². The van der Waals surface area contributed by atoms with E-state index in [1.54, 1.807) is 13.1 Å². The summed E-state index contributed by atoms with van der Waals surface area (Å²) >= 11 is 12.9. The van der Waals surface area contributed by atoms with E-state index < -0.39 is 0 Å². The largest absolute Gasteiger partial charge is 0.508 e. The number of benzene rings is 2. The summed E-state index contributed by atoms with van der Waals surface area (Å²) in [5.41, 5.74) is 3.72. The summed E-state index contributed by atoms with van der Waals surface area (Å²) in [6.45, 7) is 4.82. The Bertz CT molecular complexity index is 768. The van der Waals surface area contributed by atoms with Gasteiger partial charge < -0.3 is 15.7 Å². The molecule has 0 atom stereocenters. The van der Waals surface area contributed by atoms with Gasteiger partial charge >= 0.3 is 0 Å². The van der Waals surface area contributed by atoms with Crippen LogP contribution in [0, 0.1) is 0 Å². The third kappa shape index (κ3) is 5.37. The number of hydrogen-bond acceptors (Lipinski definition) is 3. The number of aromatic hydroxyl groups is 1. The van der Waals surface area contributed by atoms with Crippen LogP contribution < -0.4 is 10.6 Å². The van der Waals surface area contributed by atoms with Crippen molar-refractivity contribution in [1.29, 1.82) is 0 Å². The maximum atomic E-state index is 11.2. The van der Waals surface area contributed by atoms with Crippen LogP contribution in [0.25, 0.3) is 0 Å². The number of phenols is 1. The van der Waals surface area contributed by atoms with Crippen LogP contribution in [0.15, 0.2) is 30.3 Å². The topological polar surface area (TPSA) is 61.4 Å². The van der Waals surface area contributed by atoms with Crippen LogP contribution in [-0.4, -0.2) is 24.6 Å². The Morgan fingerprint density at radius 2 is 1.77 bits per heavy atom. The van der Waals surface area contributed by atoms with Gasteiger partial charge in [0.2, 0.25) is 5.91 Å².